The minimum Gasteiger partial charge on any atom is -0.360 e. The van der Waals surface area contributed by atoms with E-state index >= 15 is 0 Å². The summed E-state index contributed by atoms with van der Waals surface area (Å²) in [6, 6.07) is 12.0. The van der Waals surface area contributed by atoms with Crippen LogP contribution in [0.3, 0.4) is 0 Å². The van der Waals surface area contributed by atoms with Gasteiger partial charge in [-0.25, -0.2) is 4.98 Å². The zero-order valence-corrected chi connectivity index (χ0v) is 16.4. The van der Waals surface area contributed by atoms with Crippen molar-refractivity contribution in [1.29, 1.82) is 0 Å². The van der Waals surface area contributed by atoms with Gasteiger partial charge in [0.15, 0.2) is 5.82 Å². The smallest absolute Gasteiger partial charge is 0.231 e. The van der Waals surface area contributed by atoms with Gasteiger partial charge in [-0.3, -0.25) is 4.79 Å². The molecule has 0 aliphatic rings. The third-order valence-corrected chi connectivity index (χ3v) is 4.95. The Morgan fingerprint density at radius 1 is 1.07 bits per heavy atom. The van der Waals surface area contributed by atoms with Gasteiger partial charge in [-0.2, -0.15) is 0 Å². The fraction of sp³-hybridized carbons (Fsp3) is 0.227. The van der Waals surface area contributed by atoms with Crippen LogP contribution in [0.1, 0.15) is 28.1 Å². The molecule has 6 nitrogen and oxygen atoms in total. The molecule has 0 atom stereocenters. The maximum atomic E-state index is 12.7. The highest BCUT2D eigenvalue weighted by Gasteiger charge is 2.19. The zero-order valence-electron chi connectivity index (χ0n) is 16.4. The van der Waals surface area contributed by atoms with Gasteiger partial charge in [-0.15, -0.1) is 0 Å². The molecule has 0 fully saturated rings. The average molecular weight is 374 g/mol. The minimum atomic E-state index is -0.165. The lowest BCUT2D eigenvalue weighted by atomic mass is 10.0. The topological polar surface area (TPSA) is 72.4 Å². The molecule has 4 rings (SSSR count). The largest absolute Gasteiger partial charge is 0.360 e. The van der Waals surface area contributed by atoms with Crippen molar-refractivity contribution in [2.45, 2.75) is 34.1 Å². The predicted octanol–water partition coefficient (Wildman–Crippen LogP) is 4.40. The van der Waals surface area contributed by atoms with E-state index in [-0.39, 0.29) is 12.3 Å². The molecule has 1 amide bonds. The Morgan fingerprint density at radius 2 is 1.89 bits per heavy atom. The molecule has 0 unspecified atom stereocenters. The van der Waals surface area contributed by atoms with Crippen molar-refractivity contribution >= 4 is 17.4 Å². The summed E-state index contributed by atoms with van der Waals surface area (Å²) in [5, 5.41) is 6.63. The summed E-state index contributed by atoms with van der Waals surface area (Å²) >= 11 is 0. The lowest BCUT2D eigenvalue weighted by Gasteiger charge is -2.07. The van der Waals surface area contributed by atoms with Gasteiger partial charge in [-0.05, 0) is 56.5 Å². The molecule has 0 bridgehead atoms. The monoisotopic (exact) mass is 374 g/mol. The first-order chi connectivity index (χ1) is 13.4. The molecule has 142 valence electrons. The van der Waals surface area contributed by atoms with Gasteiger partial charge >= 0.3 is 0 Å². The van der Waals surface area contributed by atoms with Crippen LogP contribution in [0.5, 0.6) is 0 Å². The molecule has 1 N–H and O–H groups in total. The van der Waals surface area contributed by atoms with E-state index in [2.05, 4.69) is 42.5 Å². The van der Waals surface area contributed by atoms with Crippen molar-refractivity contribution in [3.05, 3.63) is 70.7 Å². The molecular formula is C22H22N4O2. The number of aromatic nitrogens is 3. The van der Waals surface area contributed by atoms with E-state index in [1.165, 1.54) is 11.1 Å². The van der Waals surface area contributed by atoms with Crippen LogP contribution in [0.4, 0.5) is 5.82 Å². The molecule has 3 aromatic heterocycles. The highest BCUT2D eigenvalue weighted by molar-refractivity contribution is 5.92. The molecule has 0 saturated heterocycles. The van der Waals surface area contributed by atoms with Crippen molar-refractivity contribution in [2.75, 3.05) is 5.32 Å². The number of fused-ring (bicyclic) bond motifs is 1. The molecule has 3 heterocycles. The number of carbonyl (C=O) groups is 1. The summed E-state index contributed by atoms with van der Waals surface area (Å²) in [4.78, 5) is 17.6. The van der Waals surface area contributed by atoms with Crippen LogP contribution >= 0.6 is 0 Å². The second-order valence-corrected chi connectivity index (χ2v) is 7.14. The fourth-order valence-electron chi connectivity index (χ4n) is 3.31. The Hall–Kier alpha value is -3.41. The molecule has 0 saturated carbocycles. The van der Waals surface area contributed by atoms with Crippen molar-refractivity contribution in [2.24, 2.45) is 0 Å². The highest BCUT2D eigenvalue weighted by Crippen LogP contribution is 2.28. The number of nitrogens with one attached hydrogen (secondary N) is 1. The number of aryl methyl sites for hydroxylation is 4. The molecular weight excluding hydrogens is 352 g/mol. The van der Waals surface area contributed by atoms with Crippen LogP contribution in [0.25, 0.3) is 16.9 Å². The van der Waals surface area contributed by atoms with Crippen LogP contribution in [0.15, 0.2) is 47.1 Å². The second-order valence-electron chi connectivity index (χ2n) is 7.14. The molecule has 6 heteroatoms. The van der Waals surface area contributed by atoms with Gasteiger partial charge in [-0.1, -0.05) is 23.4 Å². The summed E-state index contributed by atoms with van der Waals surface area (Å²) in [5.41, 5.74) is 7.01. The molecule has 28 heavy (non-hydrogen) atoms. The van der Waals surface area contributed by atoms with E-state index in [0.29, 0.717) is 11.6 Å². The maximum absolute atomic E-state index is 12.7. The number of amides is 1. The molecule has 1 aromatic carbocycles. The third-order valence-electron chi connectivity index (χ3n) is 4.95. The van der Waals surface area contributed by atoms with Gasteiger partial charge in [0.25, 0.3) is 0 Å². The van der Waals surface area contributed by atoms with Crippen LogP contribution in [-0.2, 0) is 11.2 Å². The van der Waals surface area contributed by atoms with Gasteiger partial charge in [0.1, 0.15) is 11.4 Å². The fourth-order valence-corrected chi connectivity index (χ4v) is 3.31. The summed E-state index contributed by atoms with van der Waals surface area (Å²) < 4.78 is 7.02. The van der Waals surface area contributed by atoms with E-state index in [1.807, 2.05) is 29.7 Å². The standard InChI is InChI=1S/C22H22N4O2/c1-13-7-8-17(10-15(13)3)21-18(26-9-5-6-14(2)22(26)24-21)12-20(27)23-19-11-16(4)28-25-19/h5-11H,12H2,1-4H3,(H,23,25,27). The number of imidazole rings is 1. The number of anilines is 1. The number of hydrogen-bond donors (Lipinski definition) is 1. The Bertz CT molecular complexity index is 1190. The summed E-state index contributed by atoms with van der Waals surface area (Å²) in [6.45, 7) is 7.97. The third kappa shape index (κ3) is 3.29. The van der Waals surface area contributed by atoms with Gasteiger partial charge in [0.2, 0.25) is 5.91 Å². The van der Waals surface area contributed by atoms with E-state index in [4.69, 9.17) is 9.51 Å². The number of rotatable bonds is 4. The lowest BCUT2D eigenvalue weighted by Crippen LogP contribution is -2.16. The number of hydrogen-bond acceptors (Lipinski definition) is 4. The van der Waals surface area contributed by atoms with E-state index in [9.17, 15) is 4.79 Å². The quantitative estimate of drug-likeness (QED) is 0.574. The summed E-state index contributed by atoms with van der Waals surface area (Å²) in [7, 11) is 0. The Kier molecular flexibility index (Phi) is 4.47. The minimum absolute atomic E-state index is 0.165. The Balaban J connectivity index is 1.77. The van der Waals surface area contributed by atoms with E-state index < -0.39 is 0 Å². The van der Waals surface area contributed by atoms with Crippen molar-refractivity contribution in [3.8, 4) is 11.3 Å². The predicted molar refractivity (Wildman–Crippen MR) is 108 cm³/mol. The lowest BCUT2D eigenvalue weighted by molar-refractivity contribution is -0.115. The number of pyridine rings is 1. The van der Waals surface area contributed by atoms with Crippen molar-refractivity contribution in [3.63, 3.8) is 0 Å². The van der Waals surface area contributed by atoms with Crippen LogP contribution in [-0.4, -0.2) is 20.4 Å². The van der Waals surface area contributed by atoms with Crippen LogP contribution < -0.4 is 5.32 Å². The number of benzene rings is 1. The SMILES string of the molecule is Cc1cc(NC(=O)Cc2c(-c3ccc(C)c(C)c3)nc3c(C)cccn23)no1. The van der Waals surface area contributed by atoms with Crippen molar-refractivity contribution < 1.29 is 9.32 Å². The van der Waals surface area contributed by atoms with Gasteiger partial charge in [0.05, 0.1) is 17.8 Å². The number of carbonyl (C=O) groups excluding carboxylic acids is 1. The van der Waals surface area contributed by atoms with E-state index in [0.717, 1.165) is 28.2 Å². The Labute approximate surface area is 163 Å². The normalized spacial score (nSPS) is 11.1. The first kappa shape index (κ1) is 18.0. The first-order valence-corrected chi connectivity index (χ1v) is 9.19. The number of nitrogens with zero attached hydrogens (tertiary/aromatic N) is 3. The molecule has 0 radical (unpaired) electrons. The van der Waals surface area contributed by atoms with Crippen LogP contribution in [0.2, 0.25) is 0 Å². The highest BCUT2D eigenvalue weighted by atomic mass is 16.5. The Morgan fingerprint density at radius 3 is 2.61 bits per heavy atom. The second kappa shape index (κ2) is 6.96. The molecule has 0 aliphatic heterocycles. The van der Waals surface area contributed by atoms with Crippen LogP contribution in [0, 0.1) is 27.7 Å². The zero-order chi connectivity index (χ0) is 19.8. The molecule has 0 aliphatic carbocycles. The molecule has 4 aromatic rings. The van der Waals surface area contributed by atoms with Gasteiger partial charge < -0.3 is 14.2 Å². The first-order valence-electron chi connectivity index (χ1n) is 9.19. The van der Waals surface area contributed by atoms with Gasteiger partial charge in [0, 0.05) is 17.8 Å². The average Bonchev–Trinajstić information content (AvgIpc) is 3.22. The summed E-state index contributed by atoms with van der Waals surface area (Å²) in [5.74, 6) is 0.901. The maximum Gasteiger partial charge on any atom is 0.231 e. The summed E-state index contributed by atoms with van der Waals surface area (Å²) in [6.07, 6.45) is 2.13. The van der Waals surface area contributed by atoms with E-state index in [1.54, 1.807) is 13.0 Å². The van der Waals surface area contributed by atoms with Crippen molar-refractivity contribution in [1.82, 2.24) is 14.5 Å². The molecule has 0 spiro atoms.